The maximum absolute atomic E-state index is 5.64. The molecule has 1 heterocycles. The molecule has 0 bridgehead atoms. The van der Waals surface area contributed by atoms with Crippen LogP contribution < -0.4 is 15.4 Å². The molecule has 3 heteroatoms. The molecule has 16 heavy (non-hydrogen) atoms. The van der Waals surface area contributed by atoms with Crippen LogP contribution in [0.2, 0.25) is 0 Å². The summed E-state index contributed by atoms with van der Waals surface area (Å²) in [5, 5.41) is 6.63. The molecule has 3 nitrogen and oxygen atoms in total. The lowest BCUT2D eigenvalue weighted by atomic mass is 10.0. The molecule has 2 rings (SSSR count). The minimum atomic E-state index is 0.519. The van der Waals surface area contributed by atoms with E-state index in [-0.39, 0.29) is 0 Å². The predicted octanol–water partition coefficient (Wildman–Crippen LogP) is 1.36. The zero-order chi connectivity index (χ0) is 11.2. The van der Waals surface area contributed by atoms with Crippen molar-refractivity contribution in [3.63, 3.8) is 0 Å². The Kier molecular flexibility index (Phi) is 4.19. The molecule has 1 aromatic rings. The van der Waals surface area contributed by atoms with Gasteiger partial charge in [-0.3, -0.25) is 0 Å². The molecular weight excluding hydrogens is 200 g/mol. The maximum atomic E-state index is 5.64. The number of rotatable bonds is 6. The fourth-order valence-electron chi connectivity index (χ4n) is 2.06. The van der Waals surface area contributed by atoms with Gasteiger partial charge in [-0.2, -0.15) is 0 Å². The first-order valence-electron chi connectivity index (χ1n) is 5.99. The Morgan fingerprint density at radius 1 is 1.31 bits per heavy atom. The van der Waals surface area contributed by atoms with Gasteiger partial charge >= 0.3 is 0 Å². The smallest absolute Gasteiger partial charge is 0.122 e. The molecule has 2 N–H and O–H groups in total. The number of nitrogens with one attached hydrogen (secondary N) is 2. The van der Waals surface area contributed by atoms with Gasteiger partial charge in [-0.15, -0.1) is 0 Å². The van der Waals surface area contributed by atoms with Gasteiger partial charge in [0, 0.05) is 18.0 Å². The molecular formula is C13H20N2O. The Bertz CT molecular complexity index is 327. The molecule has 1 aromatic carbocycles. The third-order valence-electron chi connectivity index (χ3n) is 2.97. The first-order chi connectivity index (χ1) is 7.92. The summed E-state index contributed by atoms with van der Waals surface area (Å²) < 4.78 is 5.64. The Balaban J connectivity index is 1.76. The minimum absolute atomic E-state index is 0.519. The second-order valence-corrected chi connectivity index (χ2v) is 4.21. The van der Waals surface area contributed by atoms with Gasteiger partial charge in [0.1, 0.15) is 5.75 Å². The van der Waals surface area contributed by atoms with Crippen LogP contribution in [-0.4, -0.2) is 33.3 Å². The van der Waals surface area contributed by atoms with Crippen LogP contribution in [0.15, 0.2) is 24.3 Å². The molecule has 0 fully saturated rings. The first-order valence-corrected chi connectivity index (χ1v) is 5.99. The molecule has 0 saturated carbocycles. The SMILES string of the molecule is CNCCCNCC1COc2ccccc21. The Morgan fingerprint density at radius 3 is 3.06 bits per heavy atom. The van der Waals surface area contributed by atoms with Crippen LogP contribution in [0.25, 0.3) is 0 Å². The van der Waals surface area contributed by atoms with E-state index in [1.807, 2.05) is 13.1 Å². The largest absolute Gasteiger partial charge is 0.493 e. The van der Waals surface area contributed by atoms with E-state index in [9.17, 15) is 0 Å². The summed E-state index contributed by atoms with van der Waals surface area (Å²) >= 11 is 0. The minimum Gasteiger partial charge on any atom is -0.493 e. The monoisotopic (exact) mass is 220 g/mol. The van der Waals surface area contributed by atoms with Crippen LogP contribution >= 0.6 is 0 Å². The van der Waals surface area contributed by atoms with E-state index >= 15 is 0 Å². The lowest BCUT2D eigenvalue weighted by molar-refractivity contribution is 0.326. The van der Waals surface area contributed by atoms with E-state index in [1.54, 1.807) is 0 Å². The third kappa shape index (κ3) is 2.74. The van der Waals surface area contributed by atoms with Crippen molar-refractivity contribution < 1.29 is 4.74 Å². The highest BCUT2D eigenvalue weighted by Gasteiger charge is 2.22. The standard InChI is InChI=1S/C13H20N2O/c1-14-7-4-8-15-9-11-10-16-13-6-3-2-5-12(11)13/h2-3,5-6,11,14-15H,4,7-10H2,1H3. The van der Waals surface area contributed by atoms with Crippen molar-refractivity contribution in [3.8, 4) is 5.75 Å². The number of fused-ring (bicyclic) bond motifs is 1. The van der Waals surface area contributed by atoms with Crippen LogP contribution in [0.5, 0.6) is 5.75 Å². The number of hydrogen-bond acceptors (Lipinski definition) is 3. The van der Waals surface area contributed by atoms with Crippen molar-refractivity contribution in [2.75, 3.05) is 33.3 Å². The number of benzene rings is 1. The lowest BCUT2D eigenvalue weighted by Gasteiger charge is -2.10. The lowest BCUT2D eigenvalue weighted by Crippen LogP contribution is -2.25. The van der Waals surface area contributed by atoms with E-state index in [0.29, 0.717) is 5.92 Å². The van der Waals surface area contributed by atoms with Gasteiger partial charge in [-0.1, -0.05) is 18.2 Å². The molecule has 0 amide bonds. The third-order valence-corrected chi connectivity index (χ3v) is 2.97. The molecule has 0 aromatic heterocycles. The van der Waals surface area contributed by atoms with Gasteiger partial charge in [-0.05, 0) is 32.6 Å². The van der Waals surface area contributed by atoms with Crippen LogP contribution in [0, 0.1) is 0 Å². The molecule has 1 atom stereocenters. The summed E-state index contributed by atoms with van der Waals surface area (Å²) in [6.45, 7) is 3.98. The Labute approximate surface area is 97.2 Å². The van der Waals surface area contributed by atoms with Crippen molar-refractivity contribution in [2.24, 2.45) is 0 Å². The van der Waals surface area contributed by atoms with Crippen molar-refractivity contribution in [3.05, 3.63) is 29.8 Å². The molecule has 1 aliphatic heterocycles. The summed E-state index contributed by atoms with van der Waals surface area (Å²) in [4.78, 5) is 0. The zero-order valence-corrected chi connectivity index (χ0v) is 9.83. The molecule has 0 radical (unpaired) electrons. The van der Waals surface area contributed by atoms with E-state index in [2.05, 4.69) is 28.8 Å². The van der Waals surface area contributed by atoms with Crippen LogP contribution in [0.3, 0.4) is 0 Å². The van der Waals surface area contributed by atoms with E-state index in [0.717, 1.165) is 32.0 Å². The highest BCUT2D eigenvalue weighted by Crippen LogP contribution is 2.32. The molecule has 1 aliphatic rings. The van der Waals surface area contributed by atoms with Crippen molar-refractivity contribution in [1.82, 2.24) is 10.6 Å². The van der Waals surface area contributed by atoms with Crippen molar-refractivity contribution in [1.29, 1.82) is 0 Å². The summed E-state index contributed by atoms with van der Waals surface area (Å²) in [7, 11) is 1.99. The van der Waals surface area contributed by atoms with Gasteiger partial charge < -0.3 is 15.4 Å². The highest BCUT2D eigenvalue weighted by molar-refractivity contribution is 5.39. The van der Waals surface area contributed by atoms with Crippen LogP contribution in [0.1, 0.15) is 17.9 Å². The normalized spacial score (nSPS) is 18.2. The van der Waals surface area contributed by atoms with Crippen LogP contribution in [0.4, 0.5) is 0 Å². The number of ether oxygens (including phenoxy) is 1. The molecule has 1 unspecified atom stereocenters. The molecule has 88 valence electrons. The quantitative estimate of drug-likeness (QED) is 0.710. The van der Waals surface area contributed by atoms with E-state index in [1.165, 1.54) is 12.0 Å². The van der Waals surface area contributed by atoms with Crippen LogP contribution in [-0.2, 0) is 0 Å². The average molecular weight is 220 g/mol. The number of hydrogen-bond donors (Lipinski definition) is 2. The topological polar surface area (TPSA) is 33.3 Å². The predicted molar refractivity (Wildman–Crippen MR) is 66.1 cm³/mol. The maximum Gasteiger partial charge on any atom is 0.122 e. The second kappa shape index (κ2) is 5.87. The second-order valence-electron chi connectivity index (χ2n) is 4.21. The van der Waals surface area contributed by atoms with Gasteiger partial charge in [0.15, 0.2) is 0 Å². The van der Waals surface area contributed by atoms with Gasteiger partial charge in [0.25, 0.3) is 0 Å². The zero-order valence-electron chi connectivity index (χ0n) is 9.83. The summed E-state index contributed by atoms with van der Waals surface area (Å²) in [6, 6.07) is 8.34. The molecule has 0 saturated heterocycles. The highest BCUT2D eigenvalue weighted by atomic mass is 16.5. The molecule has 0 aliphatic carbocycles. The van der Waals surface area contributed by atoms with Gasteiger partial charge in [0.05, 0.1) is 6.61 Å². The summed E-state index contributed by atoms with van der Waals surface area (Å²) in [6.07, 6.45) is 1.17. The van der Waals surface area contributed by atoms with Crippen molar-refractivity contribution >= 4 is 0 Å². The summed E-state index contributed by atoms with van der Waals surface area (Å²) in [5.74, 6) is 1.58. The summed E-state index contributed by atoms with van der Waals surface area (Å²) in [5.41, 5.74) is 1.35. The van der Waals surface area contributed by atoms with E-state index < -0.39 is 0 Å². The first kappa shape index (κ1) is 11.4. The fourth-order valence-corrected chi connectivity index (χ4v) is 2.06. The van der Waals surface area contributed by atoms with Gasteiger partial charge in [-0.25, -0.2) is 0 Å². The Hall–Kier alpha value is -1.06. The van der Waals surface area contributed by atoms with Crippen molar-refractivity contribution in [2.45, 2.75) is 12.3 Å². The Morgan fingerprint density at radius 2 is 2.19 bits per heavy atom. The molecule has 0 spiro atoms. The van der Waals surface area contributed by atoms with Gasteiger partial charge in [0.2, 0.25) is 0 Å². The number of para-hydroxylation sites is 1. The van der Waals surface area contributed by atoms with E-state index in [4.69, 9.17) is 4.74 Å². The fraction of sp³-hybridized carbons (Fsp3) is 0.538. The average Bonchev–Trinajstić information content (AvgIpc) is 2.73.